The van der Waals surface area contributed by atoms with Gasteiger partial charge in [-0.2, -0.15) is 0 Å². The molecule has 1 aliphatic rings. The van der Waals surface area contributed by atoms with Gasteiger partial charge in [-0.3, -0.25) is 4.79 Å². The van der Waals surface area contributed by atoms with Gasteiger partial charge in [-0.05, 0) is 31.4 Å². The van der Waals surface area contributed by atoms with Gasteiger partial charge in [0.1, 0.15) is 0 Å². The number of hydrogen-bond donors (Lipinski definition) is 0. The van der Waals surface area contributed by atoms with Crippen LogP contribution < -0.4 is 0 Å². The molecular weight excluding hydrogens is 226 g/mol. The molecule has 2 rings (SSSR count). The van der Waals surface area contributed by atoms with Gasteiger partial charge in [-0.1, -0.05) is 25.1 Å². The zero-order valence-corrected chi connectivity index (χ0v) is 11.0. The highest BCUT2D eigenvalue weighted by molar-refractivity contribution is 5.94. The number of ether oxygens (including phenoxy) is 1. The van der Waals surface area contributed by atoms with Crippen molar-refractivity contribution in [1.29, 1.82) is 0 Å². The summed E-state index contributed by atoms with van der Waals surface area (Å²) in [6.07, 6.45) is 3.35. The van der Waals surface area contributed by atoms with Crippen LogP contribution in [0.4, 0.5) is 0 Å². The molecule has 1 aromatic rings. The summed E-state index contributed by atoms with van der Waals surface area (Å²) < 4.78 is 5.75. The van der Waals surface area contributed by atoms with E-state index in [4.69, 9.17) is 4.74 Å². The first-order chi connectivity index (χ1) is 8.81. The lowest BCUT2D eigenvalue weighted by molar-refractivity contribution is 0.00211. The summed E-state index contributed by atoms with van der Waals surface area (Å²) in [5, 5.41) is 0. The van der Waals surface area contributed by atoms with E-state index in [1.807, 2.05) is 35.2 Å². The Hall–Kier alpha value is -1.35. The highest BCUT2D eigenvalue weighted by Gasteiger charge is 2.24. The van der Waals surface area contributed by atoms with Crippen molar-refractivity contribution in [3.05, 3.63) is 35.9 Å². The first-order valence-corrected chi connectivity index (χ1v) is 6.77. The highest BCUT2D eigenvalue weighted by Crippen LogP contribution is 2.16. The molecule has 0 saturated carbocycles. The van der Waals surface area contributed by atoms with E-state index in [2.05, 4.69) is 6.92 Å². The number of carbonyl (C=O) groups excluding carboxylic acids is 1. The first-order valence-electron chi connectivity index (χ1n) is 6.77. The van der Waals surface area contributed by atoms with Crippen LogP contribution in [0.25, 0.3) is 0 Å². The van der Waals surface area contributed by atoms with Crippen molar-refractivity contribution >= 4 is 5.91 Å². The minimum atomic E-state index is 0.125. The van der Waals surface area contributed by atoms with Gasteiger partial charge in [-0.25, -0.2) is 0 Å². The molecule has 1 amide bonds. The van der Waals surface area contributed by atoms with Crippen molar-refractivity contribution in [3.8, 4) is 0 Å². The molecule has 3 nitrogen and oxygen atoms in total. The average Bonchev–Trinajstić information content (AvgIpc) is 2.45. The van der Waals surface area contributed by atoms with Gasteiger partial charge in [0.2, 0.25) is 0 Å². The molecule has 0 N–H and O–H groups in total. The smallest absolute Gasteiger partial charge is 0.253 e. The topological polar surface area (TPSA) is 29.5 Å². The number of hydrogen-bond acceptors (Lipinski definition) is 2. The van der Waals surface area contributed by atoms with Crippen LogP contribution in [0.3, 0.4) is 0 Å². The van der Waals surface area contributed by atoms with Gasteiger partial charge in [0.05, 0.1) is 6.10 Å². The fourth-order valence-electron chi connectivity index (χ4n) is 2.31. The molecular formula is C15H21NO2. The number of likely N-dealkylation sites (tertiary alicyclic amines) is 1. The molecule has 0 aliphatic carbocycles. The highest BCUT2D eigenvalue weighted by atomic mass is 16.5. The standard InChI is InChI=1S/C15H21NO2/c1-2-11-18-14-9-6-10-16(12-14)15(17)13-7-4-3-5-8-13/h3-5,7-8,14H,2,6,9-12H2,1H3. The molecule has 1 aliphatic heterocycles. The van der Waals surface area contributed by atoms with Gasteiger partial charge in [0.15, 0.2) is 0 Å². The van der Waals surface area contributed by atoms with Crippen LogP contribution >= 0.6 is 0 Å². The largest absolute Gasteiger partial charge is 0.376 e. The van der Waals surface area contributed by atoms with Gasteiger partial charge < -0.3 is 9.64 Å². The van der Waals surface area contributed by atoms with E-state index in [0.717, 1.165) is 44.5 Å². The monoisotopic (exact) mass is 247 g/mol. The molecule has 18 heavy (non-hydrogen) atoms. The Bertz CT molecular complexity index is 377. The first kappa shape index (κ1) is 13.1. The van der Waals surface area contributed by atoms with Crippen LogP contribution in [0, 0.1) is 0 Å². The molecule has 0 spiro atoms. The van der Waals surface area contributed by atoms with Gasteiger partial charge >= 0.3 is 0 Å². The Kier molecular flexibility index (Phi) is 4.76. The van der Waals surface area contributed by atoms with E-state index < -0.39 is 0 Å². The second-order valence-electron chi connectivity index (χ2n) is 4.75. The number of carbonyl (C=O) groups is 1. The SMILES string of the molecule is CCCOC1CCCN(C(=O)c2ccccc2)C1. The van der Waals surface area contributed by atoms with E-state index in [-0.39, 0.29) is 12.0 Å². The average molecular weight is 247 g/mol. The number of nitrogens with zero attached hydrogens (tertiary/aromatic N) is 1. The van der Waals surface area contributed by atoms with Crippen molar-refractivity contribution in [2.75, 3.05) is 19.7 Å². The molecule has 1 saturated heterocycles. The van der Waals surface area contributed by atoms with Crippen molar-refractivity contribution in [2.45, 2.75) is 32.3 Å². The molecule has 1 fully saturated rings. The molecule has 1 atom stereocenters. The summed E-state index contributed by atoms with van der Waals surface area (Å²) in [4.78, 5) is 14.2. The molecule has 1 heterocycles. The fourth-order valence-corrected chi connectivity index (χ4v) is 2.31. The molecule has 0 aromatic heterocycles. The van der Waals surface area contributed by atoms with Crippen LogP contribution in [-0.2, 0) is 4.74 Å². The van der Waals surface area contributed by atoms with E-state index >= 15 is 0 Å². The quantitative estimate of drug-likeness (QED) is 0.818. The van der Waals surface area contributed by atoms with Crippen LogP contribution in [0.2, 0.25) is 0 Å². The zero-order chi connectivity index (χ0) is 12.8. The third kappa shape index (κ3) is 3.33. The molecule has 0 bridgehead atoms. The Labute approximate surface area is 109 Å². The van der Waals surface area contributed by atoms with E-state index in [0.29, 0.717) is 0 Å². The van der Waals surface area contributed by atoms with Crippen LogP contribution in [-0.4, -0.2) is 36.6 Å². The normalized spacial score (nSPS) is 19.8. The number of piperidine rings is 1. The number of amides is 1. The van der Waals surface area contributed by atoms with Crippen LogP contribution in [0.1, 0.15) is 36.5 Å². The Morgan fingerprint density at radius 2 is 2.17 bits per heavy atom. The number of rotatable bonds is 4. The third-order valence-electron chi connectivity index (χ3n) is 3.24. The lowest BCUT2D eigenvalue weighted by atomic mass is 10.1. The maximum absolute atomic E-state index is 12.3. The lowest BCUT2D eigenvalue weighted by Crippen LogP contribution is -2.43. The summed E-state index contributed by atoms with van der Waals surface area (Å²) in [6, 6.07) is 9.49. The van der Waals surface area contributed by atoms with Gasteiger partial charge in [0.25, 0.3) is 5.91 Å². The minimum Gasteiger partial charge on any atom is -0.376 e. The predicted octanol–water partition coefficient (Wildman–Crippen LogP) is 2.72. The molecule has 3 heteroatoms. The lowest BCUT2D eigenvalue weighted by Gasteiger charge is -2.32. The maximum Gasteiger partial charge on any atom is 0.253 e. The molecule has 1 aromatic carbocycles. The molecule has 98 valence electrons. The van der Waals surface area contributed by atoms with Crippen LogP contribution in [0.15, 0.2) is 30.3 Å². The van der Waals surface area contributed by atoms with Gasteiger partial charge in [0, 0.05) is 25.3 Å². The Morgan fingerprint density at radius 1 is 1.39 bits per heavy atom. The van der Waals surface area contributed by atoms with E-state index in [1.54, 1.807) is 0 Å². The summed E-state index contributed by atoms with van der Waals surface area (Å²) in [5.74, 6) is 0.125. The molecule has 0 radical (unpaired) electrons. The zero-order valence-electron chi connectivity index (χ0n) is 11.0. The number of benzene rings is 1. The predicted molar refractivity (Wildman–Crippen MR) is 71.6 cm³/mol. The van der Waals surface area contributed by atoms with Crippen molar-refractivity contribution < 1.29 is 9.53 Å². The second-order valence-corrected chi connectivity index (χ2v) is 4.75. The summed E-state index contributed by atoms with van der Waals surface area (Å²) in [5.41, 5.74) is 0.772. The molecule has 1 unspecified atom stereocenters. The van der Waals surface area contributed by atoms with Crippen molar-refractivity contribution in [2.24, 2.45) is 0 Å². The van der Waals surface area contributed by atoms with Gasteiger partial charge in [-0.15, -0.1) is 0 Å². The summed E-state index contributed by atoms with van der Waals surface area (Å²) in [7, 11) is 0. The van der Waals surface area contributed by atoms with Crippen molar-refractivity contribution in [1.82, 2.24) is 4.90 Å². The summed E-state index contributed by atoms with van der Waals surface area (Å²) in [6.45, 7) is 4.47. The second kappa shape index (κ2) is 6.55. The summed E-state index contributed by atoms with van der Waals surface area (Å²) >= 11 is 0. The maximum atomic E-state index is 12.3. The van der Waals surface area contributed by atoms with E-state index in [1.165, 1.54) is 0 Å². The minimum absolute atomic E-state index is 0.125. The Balaban J connectivity index is 1.94. The Morgan fingerprint density at radius 3 is 2.89 bits per heavy atom. The fraction of sp³-hybridized carbons (Fsp3) is 0.533. The van der Waals surface area contributed by atoms with E-state index in [9.17, 15) is 4.79 Å². The van der Waals surface area contributed by atoms with Crippen LogP contribution in [0.5, 0.6) is 0 Å². The third-order valence-corrected chi connectivity index (χ3v) is 3.24. The van der Waals surface area contributed by atoms with Crippen molar-refractivity contribution in [3.63, 3.8) is 0 Å².